The molecule has 6 atom stereocenters. The molecule has 0 radical (unpaired) electrons. The number of carbonyl (C=O) groups excluding carboxylic acids is 6. The van der Waals surface area contributed by atoms with Crippen LogP contribution in [-0.2, 0) is 82.6 Å². The van der Waals surface area contributed by atoms with E-state index in [2.05, 4.69) is 39.5 Å². The normalized spacial score (nSPS) is 12.2. The number of benzene rings is 8. The molecule has 0 heterocycles. The molecule has 8 aromatic carbocycles. The molecular formula is C100H118O24. The number of rotatable bonds is 55. The Bertz CT molecular complexity index is 4240. The van der Waals surface area contributed by atoms with E-state index in [4.69, 9.17) is 85.3 Å². The van der Waals surface area contributed by atoms with Crippen LogP contribution in [0.1, 0.15) is 79.4 Å². The summed E-state index contributed by atoms with van der Waals surface area (Å²) >= 11 is 0. The number of para-hydroxylation sites is 6. The van der Waals surface area contributed by atoms with Gasteiger partial charge in [0.05, 0.1) is 39.6 Å². The summed E-state index contributed by atoms with van der Waals surface area (Å²) in [7, 11) is 0. The molecule has 0 amide bonds. The molecule has 0 saturated carbocycles. The molecule has 8 rings (SSSR count). The van der Waals surface area contributed by atoms with Gasteiger partial charge < -0.3 is 85.3 Å². The quantitative estimate of drug-likeness (QED) is 0.0148. The molecule has 8 aromatic rings. The predicted molar refractivity (Wildman–Crippen MR) is 473 cm³/mol. The van der Waals surface area contributed by atoms with E-state index in [1.807, 2.05) is 244 Å². The fraction of sp³-hybridized carbons (Fsp3) is 0.340. The first kappa shape index (κ1) is 100. The largest absolute Gasteiger partial charge is 0.490 e. The minimum atomic E-state index is -0.621. The summed E-state index contributed by atoms with van der Waals surface area (Å²) in [5.41, 5.74) is 3.63. The zero-order valence-electron chi connectivity index (χ0n) is 72.4. The molecule has 0 N–H and O–H groups in total. The maximum absolute atomic E-state index is 12.2. The molecule has 0 aliphatic carbocycles. The number of ether oxygens (including phenoxy) is 18. The van der Waals surface area contributed by atoms with Gasteiger partial charge in [-0.3, -0.25) is 0 Å². The summed E-state index contributed by atoms with van der Waals surface area (Å²) in [5, 5.41) is 0. The van der Waals surface area contributed by atoms with Crippen LogP contribution in [0.5, 0.6) is 46.0 Å². The number of carbonyl (C=O) groups is 6. The van der Waals surface area contributed by atoms with Gasteiger partial charge in [-0.2, -0.15) is 0 Å². The first-order chi connectivity index (χ1) is 59.6. The zero-order chi connectivity index (χ0) is 89.7. The lowest BCUT2D eigenvalue weighted by Gasteiger charge is -2.27. The summed E-state index contributed by atoms with van der Waals surface area (Å²) in [6, 6.07) is 71.2. The van der Waals surface area contributed by atoms with Crippen molar-refractivity contribution in [2.24, 2.45) is 5.41 Å². The highest BCUT2D eigenvalue weighted by Gasteiger charge is 2.26. The van der Waals surface area contributed by atoms with Crippen molar-refractivity contribution in [3.63, 3.8) is 0 Å². The molecule has 0 saturated heterocycles. The summed E-state index contributed by atoms with van der Waals surface area (Å²) in [6.07, 6.45) is -1.44. The van der Waals surface area contributed by atoms with Gasteiger partial charge in [0, 0.05) is 52.1 Å². The van der Waals surface area contributed by atoms with Crippen molar-refractivity contribution in [2.75, 3.05) is 106 Å². The molecule has 0 fully saturated rings. The van der Waals surface area contributed by atoms with Crippen LogP contribution in [-0.4, -0.2) is 178 Å². The third-order valence-corrected chi connectivity index (χ3v) is 17.0. The smallest absolute Gasteiger partial charge is 0.333 e. The van der Waals surface area contributed by atoms with E-state index >= 15 is 0 Å². The number of hydrogen-bond donors (Lipinski definition) is 0. The van der Waals surface area contributed by atoms with E-state index in [0.29, 0.717) is 112 Å². The highest BCUT2D eigenvalue weighted by atomic mass is 16.6. The van der Waals surface area contributed by atoms with Crippen LogP contribution in [0.25, 0.3) is 0 Å². The van der Waals surface area contributed by atoms with Gasteiger partial charge in [0.1, 0.15) is 98.9 Å². The van der Waals surface area contributed by atoms with E-state index in [1.54, 1.807) is 41.5 Å². The van der Waals surface area contributed by atoms with E-state index in [0.717, 1.165) is 24.0 Å². The SMILES string of the molecule is C=C(C)C(=O)OC(COCC(C)(C)COCC(COc1ccccc1)OC(=O)C(=C)C)COc1ccccc1.C=C(C)C(=O)OC(COCCCCOCC(COc1ccccc1)OC(=O)C(=C)C)COc1ccccc1.C=C(C)C(=O)OC(COc1ccccc1)COc1ccc(Cc2ccc(OCC(COc3ccccc3)OC(=O)C(=C)C)cc2)cc1. The minimum absolute atomic E-state index is 0.123. The zero-order valence-corrected chi connectivity index (χ0v) is 72.4. The Morgan fingerprint density at radius 1 is 0.242 bits per heavy atom. The molecule has 0 spiro atoms. The van der Waals surface area contributed by atoms with Gasteiger partial charge in [-0.05, 0) is 169 Å². The molecule has 24 nitrogen and oxygen atoms in total. The Hall–Kier alpha value is -12.7. The van der Waals surface area contributed by atoms with Crippen molar-refractivity contribution in [3.8, 4) is 46.0 Å². The third kappa shape index (κ3) is 43.2. The van der Waals surface area contributed by atoms with E-state index < -0.39 is 72.4 Å². The van der Waals surface area contributed by atoms with Gasteiger partial charge in [-0.1, -0.05) is 187 Å². The Morgan fingerprint density at radius 2 is 0.411 bits per heavy atom. The molecule has 0 bridgehead atoms. The molecule has 0 aliphatic heterocycles. The first-order valence-electron chi connectivity index (χ1n) is 40.7. The monoisotopic (exact) mass is 1700 g/mol. The van der Waals surface area contributed by atoms with Gasteiger partial charge in [0.15, 0.2) is 36.6 Å². The molecular weight excluding hydrogens is 1590 g/mol. The average molecular weight is 1700 g/mol. The second kappa shape index (κ2) is 56.8. The van der Waals surface area contributed by atoms with Crippen molar-refractivity contribution in [3.05, 3.63) is 315 Å². The molecule has 0 aliphatic rings. The van der Waals surface area contributed by atoms with E-state index in [1.165, 1.54) is 0 Å². The Labute approximate surface area is 729 Å². The van der Waals surface area contributed by atoms with Crippen molar-refractivity contribution in [1.82, 2.24) is 0 Å². The van der Waals surface area contributed by atoms with Gasteiger partial charge in [-0.25, -0.2) is 28.8 Å². The molecule has 124 heavy (non-hydrogen) atoms. The predicted octanol–water partition coefficient (Wildman–Crippen LogP) is 17.3. The number of esters is 6. The van der Waals surface area contributed by atoms with E-state index in [9.17, 15) is 28.8 Å². The standard InChI is InChI=1S/C39H40O8.C31H40O8.C30H38O8/c1-28(2)38(40)46-36(24-42-32-11-7-5-8-12-32)26-44-34-19-15-30(16-20-34)23-31-17-21-35(22-18-31)45-27-37(47-39(41)29(3)4)25-43-33-13-9-6-10-14-33;1-23(2)29(32)38-27(19-36-25-13-9-7-10-14-25)17-34-21-31(5,6)22-35-18-28(39-30(33)24(3)4)20-37-26-15-11-8-12-16-26;1-23(2)29(31)37-27(21-35-25-13-7-5-8-14-25)19-33-17-11-12-18-34-20-28(38-30(32)24(3)4)22-36-26-15-9-6-10-16-26/h5-22,36-37H,1,3,23-27H2,2,4H3;7-16,27-28H,1,3,17-22H2,2,4-6H3;5-10,13-16,27-28H,1,3,11-12,17-22H2,2,4H3. The molecule has 662 valence electrons. The van der Waals surface area contributed by atoms with Crippen LogP contribution in [0.2, 0.25) is 0 Å². The van der Waals surface area contributed by atoms with Crippen molar-refractivity contribution in [1.29, 1.82) is 0 Å². The lowest BCUT2D eigenvalue weighted by molar-refractivity contribution is -0.152. The second-order valence-corrected chi connectivity index (χ2v) is 29.7. The van der Waals surface area contributed by atoms with Gasteiger partial charge in [0.25, 0.3) is 0 Å². The lowest BCUT2D eigenvalue weighted by atomic mass is 9.96. The summed E-state index contributed by atoms with van der Waals surface area (Å²) in [5.74, 6) is 2.37. The highest BCUT2D eigenvalue weighted by molar-refractivity contribution is 5.89. The summed E-state index contributed by atoms with van der Waals surface area (Å²) < 4.78 is 103. The molecule has 0 aromatic heterocycles. The third-order valence-electron chi connectivity index (χ3n) is 17.0. The topological polar surface area (TPSA) is 269 Å². The van der Waals surface area contributed by atoms with Gasteiger partial charge in [0.2, 0.25) is 0 Å². The van der Waals surface area contributed by atoms with Crippen LogP contribution < -0.4 is 37.9 Å². The maximum atomic E-state index is 12.2. The average Bonchev–Trinajstić information content (AvgIpc) is 0.874. The van der Waals surface area contributed by atoms with Gasteiger partial charge >= 0.3 is 35.8 Å². The van der Waals surface area contributed by atoms with Gasteiger partial charge in [-0.15, -0.1) is 0 Å². The fourth-order valence-corrected chi connectivity index (χ4v) is 10.3. The number of hydrogen-bond acceptors (Lipinski definition) is 24. The summed E-state index contributed by atoms with van der Waals surface area (Å²) in [4.78, 5) is 72.4. The number of unbranched alkanes of at least 4 members (excludes halogenated alkanes) is 1. The van der Waals surface area contributed by atoms with Crippen LogP contribution in [0.15, 0.2) is 303 Å². The Kier molecular flexibility index (Phi) is 45.8. The maximum Gasteiger partial charge on any atom is 0.333 e. The summed E-state index contributed by atoms with van der Waals surface area (Å²) in [6.45, 7) is 38.7. The Morgan fingerprint density at radius 3 is 0.597 bits per heavy atom. The molecule has 6 unspecified atom stereocenters. The van der Waals surface area contributed by atoms with Crippen LogP contribution in [0.3, 0.4) is 0 Å². The fourth-order valence-electron chi connectivity index (χ4n) is 10.3. The van der Waals surface area contributed by atoms with Crippen molar-refractivity contribution >= 4 is 35.8 Å². The second-order valence-electron chi connectivity index (χ2n) is 29.7. The lowest BCUT2D eigenvalue weighted by Crippen LogP contribution is -2.35. The van der Waals surface area contributed by atoms with Crippen molar-refractivity contribution < 1.29 is 114 Å². The minimum Gasteiger partial charge on any atom is -0.490 e. The Balaban J connectivity index is 0.000000290. The van der Waals surface area contributed by atoms with Crippen LogP contribution in [0, 0.1) is 5.41 Å². The van der Waals surface area contributed by atoms with Crippen molar-refractivity contribution in [2.45, 2.75) is 111 Å². The van der Waals surface area contributed by atoms with Crippen LogP contribution in [0.4, 0.5) is 0 Å². The first-order valence-corrected chi connectivity index (χ1v) is 40.7. The molecule has 24 heteroatoms. The van der Waals surface area contributed by atoms with Crippen LogP contribution >= 0.6 is 0 Å². The highest BCUT2D eigenvalue weighted by Crippen LogP contribution is 2.24. The van der Waals surface area contributed by atoms with E-state index in [-0.39, 0.29) is 84.7 Å².